The molecule has 0 saturated carbocycles. The van der Waals surface area contributed by atoms with Crippen LogP contribution in [0.1, 0.15) is 26.7 Å². The number of thiazole rings is 1. The fourth-order valence-corrected chi connectivity index (χ4v) is 7.18. The highest BCUT2D eigenvalue weighted by molar-refractivity contribution is 8.00. The van der Waals surface area contributed by atoms with Gasteiger partial charge in [0, 0.05) is 32.1 Å². The van der Waals surface area contributed by atoms with E-state index in [0.29, 0.717) is 42.7 Å². The van der Waals surface area contributed by atoms with Gasteiger partial charge in [0.1, 0.15) is 10.9 Å². The van der Waals surface area contributed by atoms with Crippen molar-refractivity contribution in [2.45, 2.75) is 10.1 Å². The monoisotopic (exact) mass is 768 g/mol. The molecule has 0 aliphatic rings. The summed E-state index contributed by atoms with van der Waals surface area (Å²) in [4.78, 5) is 45.8. The molecule has 0 aliphatic heterocycles. The Morgan fingerprint density at radius 2 is 1.49 bits per heavy atom. The highest BCUT2D eigenvalue weighted by Gasteiger charge is 2.24. The SMILES string of the molecule is O=C(Nc1cccc(SC(C(=O)Nc2nc(-c3ccc(Cl)c(Cl)c3)cs2)c2ccccc2)c1)/C(=C/c1cccc(Cl)c1)NC(=O)c1ccccc1. The van der Waals surface area contributed by atoms with Gasteiger partial charge in [0.2, 0.25) is 5.91 Å². The summed E-state index contributed by atoms with van der Waals surface area (Å²) in [6, 6.07) is 37.3. The summed E-state index contributed by atoms with van der Waals surface area (Å²) in [6.07, 6.45) is 1.56. The van der Waals surface area contributed by atoms with E-state index in [2.05, 4.69) is 20.9 Å². The van der Waals surface area contributed by atoms with Crippen LogP contribution in [0.5, 0.6) is 0 Å². The highest BCUT2D eigenvalue weighted by Crippen LogP contribution is 2.38. The summed E-state index contributed by atoms with van der Waals surface area (Å²) in [6.45, 7) is 0. The number of nitrogens with one attached hydrogen (secondary N) is 3. The third-order valence-electron chi connectivity index (χ3n) is 7.32. The Morgan fingerprint density at radius 1 is 0.745 bits per heavy atom. The Kier molecular flexibility index (Phi) is 11.9. The van der Waals surface area contributed by atoms with Crippen molar-refractivity contribution < 1.29 is 14.4 Å². The minimum Gasteiger partial charge on any atom is -0.321 e. The number of amides is 3. The summed E-state index contributed by atoms with van der Waals surface area (Å²) >= 11 is 21.1. The zero-order valence-corrected chi connectivity index (χ0v) is 30.4. The molecule has 0 bridgehead atoms. The largest absolute Gasteiger partial charge is 0.321 e. The van der Waals surface area contributed by atoms with Gasteiger partial charge in [-0.15, -0.1) is 23.1 Å². The van der Waals surface area contributed by atoms with E-state index in [9.17, 15) is 14.4 Å². The molecule has 5 aromatic carbocycles. The number of hydrogen-bond donors (Lipinski definition) is 3. The molecule has 0 fully saturated rings. The van der Waals surface area contributed by atoms with Crippen molar-refractivity contribution >= 4 is 92.5 Å². The van der Waals surface area contributed by atoms with Crippen molar-refractivity contribution in [3.05, 3.63) is 170 Å². The summed E-state index contributed by atoms with van der Waals surface area (Å²) in [5.41, 5.74) is 3.74. The molecule has 0 aliphatic carbocycles. The molecule has 7 nitrogen and oxygen atoms in total. The summed E-state index contributed by atoms with van der Waals surface area (Å²) in [5.74, 6) is -1.25. The lowest BCUT2D eigenvalue weighted by molar-refractivity contribution is -0.116. The molecule has 0 radical (unpaired) electrons. The van der Waals surface area contributed by atoms with Gasteiger partial charge in [0.05, 0.1) is 15.7 Å². The average molecular weight is 770 g/mol. The van der Waals surface area contributed by atoms with Crippen LogP contribution in [-0.2, 0) is 9.59 Å². The van der Waals surface area contributed by atoms with Crippen LogP contribution in [0.4, 0.5) is 10.8 Å². The lowest BCUT2D eigenvalue weighted by atomic mass is 10.1. The molecule has 1 aromatic heterocycles. The van der Waals surface area contributed by atoms with Gasteiger partial charge in [0.25, 0.3) is 11.8 Å². The second-order valence-electron chi connectivity index (χ2n) is 11.0. The molecule has 1 atom stereocenters. The molecule has 3 amide bonds. The Labute approximate surface area is 317 Å². The molecule has 6 rings (SSSR count). The topological polar surface area (TPSA) is 100 Å². The first-order valence-electron chi connectivity index (χ1n) is 15.4. The fourth-order valence-electron chi connectivity index (χ4n) is 4.88. The van der Waals surface area contributed by atoms with Crippen LogP contribution in [-0.4, -0.2) is 22.7 Å². The second kappa shape index (κ2) is 16.9. The Bertz CT molecular complexity index is 2230. The molecule has 12 heteroatoms. The maximum Gasteiger partial charge on any atom is 0.272 e. The van der Waals surface area contributed by atoms with Gasteiger partial charge < -0.3 is 16.0 Å². The van der Waals surface area contributed by atoms with Crippen LogP contribution in [0.3, 0.4) is 0 Å². The first-order chi connectivity index (χ1) is 24.7. The number of carbonyl (C=O) groups excluding carboxylic acids is 3. The second-order valence-corrected chi connectivity index (χ2v) is 14.3. The molecule has 6 aromatic rings. The number of anilines is 2. The number of aromatic nitrogens is 1. The summed E-state index contributed by atoms with van der Waals surface area (Å²) in [5, 5.41) is 11.5. The molecule has 0 saturated heterocycles. The van der Waals surface area contributed by atoms with Crippen LogP contribution in [0, 0.1) is 0 Å². The highest BCUT2D eigenvalue weighted by atomic mass is 35.5. The van der Waals surface area contributed by atoms with Gasteiger partial charge in [-0.1, -0.05) is 108 Å². The van der Waals surface area contributed by atoms with Crippen LogP contribution in [0.15, 0.2) is 143 Å². The Balaban J connectivity index is 1.21. The van der Waals surface area contributed by atoms with E-state index >= 15 is 0 Å². The van der Waals surface area contributed by atoms with Gasteiger partial charge >= 0.3 is 0 Å². The van der Waals surface area contributed by atoms with Crippen LogP contribution in [0.2, 0.25) is 15.1 Å². The number of nitrogens with zero attached hydrogens (tertiary/aromatic N) is 1. The molecule has 1 heterocycles. The molecule has 3 N–H and O–H groups in total. The predicted octanol–water partition coefficient (Wildman–Crippen LogP) is 10.7. The van der Waals surface area contributed by atoms with Gasteiger partial charge in [-0.3, -0.25) is 14.4 Å². The molecular formula is C39H27Cl3N4O3S2. The van der Waals surface area contributed by atoms with Crippen LogP contribution in [0.25, 0.3) is 17.3 Å². The van der Waals surface area contributed by atoms with E-state index in [-0.39, 0.29) is 11.6 Å². The van der Waals surface area contributed by atoms with Crippen molar-refractivity contribution in [3.63, 3.8) is 0 Å². The summed E-state index contributed by atoms with van der Waals surface area (Å²) in [7, 11) is 0. The maximum atomic E-state index is 13.8. The van der Waals surface area contributed by atoms with Gasteiger partial charge in [-0.2, -0.15) is 0 Å². The number of rotatable bonds is 11. The van der Waals surface area contributed by atoms with Gasteiger partial charge in [-0.25, -0.2) is 4.98 Å². The van der Waals surface area contributed by atoms with Crippen LogP contribution < -0.4 is 16.0 Å². The van der Waals surface area contributed by atoms with Gasteiger partial charge in [-0.05, 0) is 71.8 Å². The quantitative estimate of drug-likeness (QED) is 0.0900. The fraction of sp³-hybridized carbons (Fsp3) is 0.0256. The van der Waals surface area contributed by atoms with Gasteiger partial charge in [0.15, 0.2) is 5.13 Å². The zero-order valence-electron chi connectivity index (χ0n) is 26.5. The molecular weight excluding hydrogens is 743 g/mol. The number of benzene rings is 5. The summed E-state index contributed by atoms with van der Waals surface area (Å²) < 4.78 is 0. The molecule has 254 valence electrons. The normalized spacial score (nSPS) is 11.8. The lowest BCUT2D eigenvalue weighted by Gasteiger charge is -2.17. The first kappa shape index (κ1) is 35.9. The Morgan fingerprint density at radius 3 is 2.24 bits per heavy atom. The number of halogens is 3. The van der Waals surface area contributed by atoms with Crippen molar-refractivity contribution in [2.24, 2.45) is 0 Å². The minimum absolute atomic E-state index is 0.0226. The van der Waals surface area contributed by atoms with Crippen molar-refractivity contribution in [2.75, 3.05) is 10.6 Å². The van der Waals surface area contributed by atoms with Crippen molar-refractivity contribution in [3.8, 4) is 11.3 Å². The zero-order chi connectivity index (χ0) is 35.7. The average Bonchev–Trinajstić information content (AvgIpc) is 3.60. The van der Waals surface area contributed by atoms with E-state index in [1.165, 1.54) is 23.1 Å². The number of carbonyl (C=O) groups is 3. The van der Waals surface area contributed by atoms with E-state index in [1.54, 1.807) is 91.0 Å². The number of thioether (sulfide) groups is 1. The third kappa shape index (κ3) is 9.67. The van der Waals surface area contributed by atoms with E-state index < -0.39 is 17.1 Å². The number of hydrogen-bond acceptors (Lipinski definition) is 6. The van der Waals surface area contributed by atoms with Crippen molar-refractivity contribution in [1.82, 2.24) is 10.3 Å². The van der Waals surface area contributed by atoms with E-state index in [4.69, 9.17) is 34.8 Å². The predicted molar refractivity (Wildman–Crippen MR) is 210 cm³/mol. The Hall–Kier alpha value is -4.90. The van der Waals surface area contributed by atoms with Crippen molar-refractivity contribution in [1.29, 1.82) is 0 Å². The lowest BCUT2D eigenvalue weighted by Crippen LogP contribution is -2.30. The standard InChI is InChI=1S/C39H27Cl3N4O3S2/c40-28-14-7-9-24(19-28)20-33(44-36(47)26-12-5-2-6-13-26)37(48)43-29-15-8-16-30(22-29)51-35(25-10-3-1-4-11-25)38(49)46-39-45-34(23-50-39)27-17-18-31(41)32(42)21-27/h1-23,35H,(H,43,48)(H,44,47)(H,45,46,49)/b33-20-. The van der Waals surface area contributed by atoms with Crippen LogP contribution >= 0.6 is 57.9 Å². The molecule has 0 spiro atoms. The van der Waals surface area contributed by atoms with E-state index in [0.717, 1.165) is 16.0 Å². The molecule has 1 unspecified atom stereocenters. The minimum atomic E-state index is -0.655. The van der Waals surface area contributed by atoms with E-state index in [1.807, 2.05) is 47.8 Å². The first-order valence-corrected chi connectivity index (χ1v) is 18.3. The maximum absolute atomic E-state index is 13.8. The third-order valence-corrected chi connectivity index (χ3v) is 10.3. The molecule has 51 heavy (non-hydrogen) atoms. The smallest absolute Gasteiger partial charge is 0.272 e.